The third-order valence-electron chi connectivity index (χ3n) is 13.3. The highest BCUT2D eigenvalue weighted by atomic mass is 15.0. The molecule has 0 unspecified atom stereocenters. The largest absolute Gasteiger partial charge is 0.208 e. The van der Waals surface area contributed by atoms with Gasteiger partial charge >= 0.3 is 0 Å². The summed E-state index contributed by atoms with van der Waals surface area (Å²) in [6.07, 6.45) is 12.9. The van der Waals surface area contributed by atoms with Crippen molar-refractivity contribution >= 4 is 0 Å². The van der Waals surface area contributed by atoms with E-state index in [1.165, 1.54) is 97.6 Å². The number of rotatable bonds is 4. The van der Waals surface area contributed by atoms with Crippen molar-refractivity contribution in [3.05, 3.63) is 162 Å². The molecule has 0 saturated heterocycles. The SMILES string of the molecule is c1ccc(-c2nc(-c3ccccc3)nc(-c3ccc(-c4cccc5c4-c4cc6c(cc4C54CCCCC4)-c4ccccc4C64CCCCC4)cc3)n2)cc1. The molecule has 1 aromatic heterocycles. The Bertz CT molecular complexity index is 2480. The quantitative estimate of drug-likeness (QED) is 0.184. The fraction of sp³-hybridized carbons (Fsp3) is 0.235. The monoisotopic (exact) mass is 697 g/mol. The molecule has 4 aliphatic rings. The molecule has 6 aromatic carbocycles. The molecule has 0 amide bonds. The van der Waals surface area contributed by atoms with Gasteiger partial charge in [0, 0.05) is 27.5 Å². The molecule has 0 bridgehead atoms. The van der Waals surface area contributed by atoms with Gasteiger partial charge in [-0.25, -0.2) is 15.0 Å². The Kier molecular flexibility index (Phi) is 7.34. The van der Waals surface area contributed by atoms with Crippen molar-refractivity contribution in [2.45, 2.75) is 75.0 Å². The summed E-state index contributed by atoms with van der Waals surface area (Å²) in [6.45, 7) is 0. The van der Waals surface area contributed by atoms with E-state index in [1.807, 2.05) is 36.4 Å². The third-order valence-corrected chi connectivity index (χ3v) is 13.3. The second kappa shape index (κ2) is 12.5. The van der Waals surface area contributed by atoms with E-state index >= 15 is 0 Å². The second-order valence-corrected chi connectivity index (χ2v) is 16.1. The Morgan fingerprint density at radius 3 is 1.37 bits per heavy atom. The van der Waals surface area contributed by atoms with Crippen LogP contribution in [-0.2, 0) is 10.8 Å². The zero-order valence-electron chi connectivity index (χ0n) is 30.7. The molecule has 11 rings (SSSR count). The first kappa shape index (κ1) is 31.8. The van der Waals surface area contributed by atoms with Gasteiger partial charge in [-0.3, -0.25) is 0 Å². The number of benzene rings is 6. The van der Waals surface area contributed by atoms with E-state index in [2.05, 4.69) is 103 Å². The van der Waals surface area contributed by atoms with Crippen LogP contribution in [0.3, 0.4) is 0 Å². The lowest BCUT2D eigenvalue weighted by molar-refractivity contribution is 0.350. The highest BCUT2D eigenvalue weighted by molar-refractivity contribution is 5.96. The number of fused-ring (bicyclic) bond motifs is 10. The van der Waals surface area contributed by atoms with E-state index in [9.17, 15) is 0 Å². The van der Waals surface area contributed by atoms with E-state index in [0.717, 1.165) is 16.7 Å². The first-order chi connectivity index (χ1) is 26.7. The molecule has 54 heavy (non-hydrogen) atoms. The number of nitrogens with zero attached hydrogens (tertiary/aromatic N) is 3. The molecule has 0 radical (unpaired) electrons. The highest BCUT2D eigenvalue weighted by Crippen LogP contribution is 2.63. The molecule has 1 heterocycles. The first-order valence-electron chi connectivity index (χ1n) is 20.1. The van der Waals surface area contributed by atoms with Crippen molar-refractivity contribution in [2.24, 2.45) is 0 Å². The van der Waals surface area contributed by atoms with E-state index in [1.54, 1.807) is 22.3 Å². The topological polar surface area (TPSA) is 38.7 Å². The minimum Gasteiger partial charge on any atom is -0.208 e. The minimum absolute atomic E-state index is 0.0811. The van der Waals surface area contributed by atoms with Gasteiger partial charge < -0.3 is 0 Å². The molecule has 2 fully saturated rings. The first-order valence-corrected chi connectivity index (χ1v) is 20.1. The third kappa shape index (κ3) is 4.77. The van der Waals surface area contributed by atoms with Crippen LogP contribution in [0.25, 0.3) is 67.5 Å². The lowest BCUT2D eigenvalue weighted by Gasteiger charge is -2.37. The maximum atomic E-state index is 5.02. The fourth-order valence-electron chi connectivity index (χ4n) is 10.9. The van der Waals surface area contributed by atoms with Crippen molar-refractivity contribution in [3.63, 3.8) is 0 Å². The molecule has 0 N–H and O–H groups in total. The standard InChI is InChI=1S/C51H43N3/c1-5-16-35(17-6-1)47-52-48(36-18-7-2-8-19-36)54-49(53-47)37-26-24-34(25-27-37)38-21-15-23-43-46(38)41-33-44-40(32-45(41)51(43)30-13-4-14-31-51)39-20-9-10-22-42(39)50(44)28-11-3-12-29-50/h1-2,5-10,15-27,32-33H,3-4,11-14,28-31H2. The molecule has 3 heteroatoms. The number of hydrogen-bond donors (Lipinski definition) is 0. The van der Waals surface area contributed by atoms with Gasteiger partial charge in [0.1, 0.15) is 0 Å². The Labute approximate surface area is 318 Å². The van der Waals surface area contributed by atoms with Gasteiger partial charge in [-0.2, -0.15) is 0 Å². The molecule has 3 nitrogen and oxygen atoms in total. The molecule has 0 aliphatic heterocycles. The highest BCUT2D eigenvalue weighted by Gasteiger charge is 2.49. The van der Waals surface area contributed by atoms with E-state index in [-0.39, 0.29) is 10.8 Å². The summed E-state index contributed by atoms with van der Waals surface area (Å²) < 4.78 is 0. The van der Waals surface area contributed by atoms with Gasteiger partial charge in [0.25, 0.3) is 0 Å². The van der Waals surface area contributed by atoms with Crippen LogP contribution in [0.5, 0.6) is 0 Å². The fourth-order valence-corrected chi connectivity index (χ4v) is 10.9. The van der Waals surface area contributed by atoms with Crippen LogP contribution in [0.4, 0.5) is 0 Å². The lowest BCUT2D eigenvalue weighted by atomic mass is 9.66. The maximum absolute atomic E-state index is 5.02. The van der Waals surface area contributed by atoms with Gasteiger partial charge in [-0.15, -0.1) is 0 Å². The van der Waals surface area contributed by atoms with Crippen LogP contribution in [0, 0.1) is 0 Å². The van der Waals surface area contributed by atoms with E-state index in [4.69, 9.17) is 15.0 Å². The number of hydrogen-bond acceptors (Lipinski definition) is 3. The Balaban J connectivity index is 1.06. The van der Waals surface area contributed by atoms with Crippen molar-refractivity contribution < 1.29 is 0 Å². The van der Waals surface area contributed by atoms with Crippen LogP contribution in [-0.4, -0.2) is 15.0 Å². The van der Waals surface area contributed by atoms with Gasteiger partial charge in [0.05, 0.1) is 0 Å². The second-order valence-electron chi connectivity index (χ2n) is 16.1. The zero-order valence-corrected chi connectivity index (χ0v) is 30.7. The summed E-state index contributed by atoms with van der Waals surface area (Å²) in [5.74, 6) is 2.06. The van der Waals surface area contributed by atoms with Crippen LogP contribution in [0.2, 0.25) is 0 Å². The van der Waals surface area contributed by atoms with Crippen LogP contribution in [0.1, 0.15) is 86.5 Å². The lowest BCUT2D eigenvalue weighted by Crippen LogP contribution is -2.29. The van der Waals surface area contributed by atoms with Gasteiger partial charge in [0.2, 0.25) is 0 Å². The molecule has 4 aliphatic carbocycles. The molecular weight excluding hydrogens is 655 g/mol. The molecule has 2 spiro atoms. The zero-order chi connectivity index (χ0) is 35.7. The van der Waals surface area contributed by atoms with E-state index in [0.29, 0.717) is 17.5 Å². The summed E-state index contributed by atoms with van der Waals surface area (Å²) >= 11 is 0. The van der Waals surface area contributed by atoms with Gasteiger partial charge in [0.15, 0.2) is 17.5 Å². The molecule has 262 valence electrons. The smallest absolute Gasteiger partial charge is 0.164 e. The van der Waals surface area contributed by atoms with Crippen molar-refractivity contribution in [1.29, 1.82) is 0 Å². The summed E-state index contributed by atoms with van der Waals surface area (Å²) in [4.78, 5) is 14.9. The summed E-state index contributed by atoms with van der Waals surface area (Å²) in [6, 6.07) is 51.3. The predicted octanol–water partition coefficient (Wildman–Crippen LogP) is 13.0. The molecular formula is C51H43N3. The normalized spacial score (nSPS) is 17.2. The molecule has 0 atom stereocenters. The predicted molar refractivity (Wildman–Crippen MR) is 220 cm³/mol. The van der Waals surface area contributed by atoms with Crippen molar-refractivity contribution in [1.82, 2.24) is 15.0 Å². The van der Waals surface area contributed by atoms with E-state index < -0.39 is 0 Å². The van der Waals surface area contributed by atoms with Crippen LogP contribution >= 0.6 is 0 Å². The molecule has 7 aromatic rings. The minimum atomic E-state index is 0.0811. The molecule has 2 saturated carbocycles. The van der Waals surface area contributed by atoms with Gasteiger partial charge in [-0.05, 0) is 93.5 Å². The average Bonchev–Trinajstić information content (AvgIpc) is 3.66. The summed E-state index contributed by atoms with van der Waals surface area (Å²) in [7, 11) is 0. The van der Waals surface area contributed by atoms with Crippen molar-refractivity contribution in [2.75, 3.05) is 0 Å². The average molecular weight is 698 g/mol. The maximum Gasteiger partial charge on any atom is 0.164 e. The Morgan fingerprint density at radius 1 is 0.315 bits per heavy atom. The Morgan fingerprint density at radius 2 is 0.759 bits per heavy atom. The Hall–Kier alpha value is -5.67. The van der Waals surface area contributed by atoms with Crippen LogP contribution < -0.4 is 0 Å². The summed E-state index contributed by atoms with van der Waals surface area (Å²) in [5.41, 5.74) is 18.0. The summed E-state index contributed by atoms with van der Waals surface area (Å²) in [5, 5.41) is 0. The van der Waals surface area contributed by atoms with Crippen molar-refractivity contribution in [3.8, 4) is 67.5 Å². The number of aromatic nitrogens is 3. The van der Waals surface area contributed by atoms with Crippen LogP contribution in [0.15, 0.2) is 140 Å². The van der Waals surface area contributed by atoms with Gasteiger partial charge in [-0.1, -0.05) is 166 Å².